The first-order chi connectivity index (χ1) is 14.3. The Hall–Kier alpha value is -3.20. The quantitative estimate of drug-likeness (QED) is 0.605. The van der Waals surface area contributed by atoms with E-state index in [9.17, 15) is 14.4 Å². The fourth-order valence-electron chi connectivity index (χ4n) is 3.52. The lowest BCUT2D eigenvalue weighted by molar-refractivity contribution is -0.129. The van der Waals surface area contributed by atoms with Gasteiger partial charge in [-0.1, -0.05) is 28.9 Å². The van der Waals surface area contributed by atoms with Crippen molar-refractivity contribution >= 4 is 17.5 Å². The SMILES string of the molecule is CC(=O)N1Cc2c(n(C)c(=O)n(Cc3nc(CCc4ccc(Cl)cc4)no3)c2=O)C1. The molecule has 156 valence electrons. The number of carbonyl (C=O) groups excluding carboxylic acids is 1. The van der Waals surface area contributed by atoms with Gasteiger partial charge in [-0.05, 0) is 24.1 Å². The highest BCUT2D eigenvalue weighted by molar-refractivity contribution is 6.30. The molecule has 2 aromatic heterocycles. The minimum Gasteiger partial charge on any atom is -0.337 e. The number of aryl methyl sites for hydroxylation is 2. The maximum atomic E-state index is 12.9. The minimum atomic E-state index is -0.481. The summed E-state index contributed by atoms with van der Waals surface area (Å²) in [4.78, 5) is 43.1. The van der Waals surface area contributed by atoms with E-state index >= 15 is 0 Å². The van der Waals surface area contributed by atoms with Crippen molar-refractivity contribution in [2.24, 2.45) is 7.05 Å². The molecule has 1 amide bonds. The van der Waals surface area contributed by atoms with Crippen LogP contribution in [0.25, 0.3) is 0 Å². The number of benzene rings is 1. The van der Waals surface area contributed by atoms with Gasteiger partial charge in [0.05, 0.1) is 24.3 Å². The molecule has 0 radical (unpaired) electrons. The smallest absolute Gasteiger partial charge is 0.331 e. The zero-order valence-corrected chi connectivity index (χ0v) is 17.3. The molecule has 1 aliphatic rings. The van der Waals surface area contributed by atoms with Crippen LogP contribution in [0.1, 0.15) is 35.5 Å². The van der Waals surface area contributed by atoms with Gasteiger partial charge < -0.3 is 9.42 Å². The largest absolute Gasteiger partial charge is 0.337 e. The summed E-state index contributed by atoms with van der Waals surface area (Å²) in [7, 11) is 1.59. The maximum Gasteiger partial charge on any atom is 0.331 e. The molecule has 3 heterocycles. The van der Waals surface area contributed by atoms with Crippen LogP contribution in [-0.2, 0) is 44.3 Å². The van der Waals surface area contributed by atoms with Gasteiger partial charge in [0.25, 0.3) is 5.56 Å². The molecule has 0 N–H and O–H groups in total. The predicted octanol–water partition coefficient (Wildman–Crippen LogP) is 1.28. The van der Waals surface area contributed by atoms with E-state index < -0.39 is 11.2 Å². The first-order valence-corrected chi connectivity index (χ1v) is 9.84. The number of carbonyl (C=O) groups is 1. The molecule has 0 bridgehead atoms. The number of halogens is 1. The number of rotatable bonds is 5. The average molecular weight is 430 g/mol. The van der Waals surface area contributed by atoms with Crippen LogP contribution in [0.3, 0.4) is 0 Å². The summed E-state index contributed by atoms with van der Waals surface area (Å²) in [6.45, 7) is 1.76. The van der Waals surface area contributed by atoms with Crippen molar-refractivity contribution in [3.8, 4) is 0 Å². The third kappa shape index (κ3) is 3.80. The van der Waals surface area contributed by atoms with Crippen molar-refractivity contribution in [2.75, 3.05) is 0 Å². The molecule has 0 atom stereocenters. The van der Waals surface area contributed by atoms with Crippen LogP contribution in [0.4, 0.5) is 0 Å². The second-order valence-corrected chi connectivity index (χ2v) is 7.70. The van der Waals surface area contributed by atoms with E-state index in [-0.39, 0.29) is 31.4 Å². The van der Waals surface area contributed by atoms with E-state index in [0.29, 0.717) is 34.9 Å². The van der Waals surface area contributed by atoms with Crippen molar-refractivity contribution in [1.29, 1.82) is 0 Å². The Morgan fingerprint density at radius 2 is 1.90 bits per heavy atom. The molecule has 4 rings (SSSR count). The van der Waals surface area contributed by atoms with Gasteiger partial charge >= 0.3 is 5.69 Å². The van der Waals surface area contributed by atoms with Gasteiger partial charge in [-0.2, -0.15) is 4.98 Å². The van der Waals surface area contributed by atoms with Gasteiger partial charge in [0.1, 0.15) is 6.54 Å². The summed E-state index contributed by atoms with van der Waals surface area (Å²) >= 11 is 5.89. The van der Waals surface area contributed by atoms with Gasteiger partial charge in [0.15, 0.2) is 5.82 Å². The monoisotopic (exact) mass is 429 g/mol. The van der Waals surface area contributed by atoms with Gasteiger partial charge in [-0.3, -0.25) is 18.7 Å². The number of fused-ring (bicyclic) bond motifs is 1. The lowest BCUT2D eigenvalue weighted by atomic mass is 10.1. The van der Waals surface area contributed by atoms with Crippen molar-refractivity contribution in [3.63, 3.8) is 0 Å². The van der Waals surface area contributed by atoms with Crippen molar-refractivity contribution in [2.45, 2.75) is 39.4 Å². The molecule has 0 fully saturated rings. The highest BCUT2D eigenvalue weighted by Crippen LogP contribution is 2.18. The number of hydrogen-bond acceptors (Lipinski definition) is 6. The van der Waals surface area contributed by atoms with Crippen LogP contribution in [0.2, 0.25) is 5.02 Å². The second kappa shape index (κ2) is 7.91. The number of hydrogen-bond donors (Lipinski definition) is 0. The van der Waals surface area contributed by atoms with Crippen LogP contribution in [0.5, 0.6) is 0 Å². The zero-order chi connectivity index (χ0) is 21.4. The second-order valence-electron chi connectivity index (χ2n) is 7.26. The molecule has 9 nitrogen and oxygen atoms in total. The molecule has 0 saturated heterocycles. The fraction of sp³-hybridized carbons (Fsp3) is 0.350. The number of amides is 1. The Kier molecular flexibility index (Phi) is 5.29. The Morgan fingerprint density at radius 3 is 2.60 bits per heavy atom. The van der Waals surface area contributed by atoms with Crippen molar-refractivity contribution in [1.82, 2.24) is 24.2 Å². The summed E-state index contributed by atoms with van der Waals surface area (Å²) in [6.07, 6.45) is 1.26. The summed E-state index contributed by atoms with van der Waals surface area (Å²) in [5, 5.41) is 4.62. The third-order valence-electron chi connectivity index (χ3n) is 5.26. The van der Waals surface area contributed by atoms with Gasteiger partial charge in [0.2, 0.25) is 11.8 Å². The number of aromatic nitrogens is 4. The van der Waals surface area contributed by atoms with E-state index in [1.54, 1.807) is 7.05 Å². The highest BCUT2D eigenvalue weighted by atomic mass is 35.5. The standard InChI is InChI=1S/C20H20ClN5O4/c1-12(27)25-9-15-16(10-25)24(2)20(29)26(19(15)28)11-18-22-17(23-30-18)8-5-13-3-6-14(21)7-4-13/h3-4,6-7H,5,8-11H2,1-2H3. The number of nitrogens with zero attached hydrogens (tertiary/aromatic N) is 5. The van der Waals surface area contributed by atoms with Gasteiger partial charge in [-0.25, -0.2) is 4.79 Å². The highest BCUT2D eigenvalue weighted by Gasteiger charge is 2.28. The molecule has 10 heteroatoms. The lowest BCUT2D eigenvalue weighted by Crippen LogP contribution is -2.42. The average Bonchev–Trinajstić information content (AvgIpc) is 3.37. The summed E-state index contributed by atoms with van der Waals surface area (Å²) < 4.78 is 7.72. The van der Waals surface area contributed by atoms with Crippen molar-refractivity contribution in [3.05, 3.63) is 78.7 Å². The molecule has 0 unspecified atom stereocenters. The minimum absolute atomic E-state index is 0.118. The molecule has 30 heavy (non-hydrogen) atoms. The third-order valence-corrected chi connectivity index (χ3v) is 5.52. The van der Waals surface area contributed by atoms with Crippen LogP contribution in [0.15, 0.2) is 38.4 Å². The van der Waals surface area contributed by atoms with Crippen LogP contribution in [0, 0.1) is 0 Å². The molecule has 0 saturated carbocycles. The fourth-order valence-corrected chi connectivity index (χ4v) is 3.65. The molecule has 0 spiro atoms. The Bertz CT molecular complexity index is 1230. The van der Waals surface area contributed by atoms with E-state index in [1.807, 2.05) is 24.3 Å². The van der Waals surface area contributed by atoms with Crippen molar-refractivity contribution < 1.29 is 9.32 Å². The van der Waals surface area contributed by atoms with Crippen LogP contribution in [-0.4, -0.2) is 30.1 Å². The van der Waals surface area contributed by atoms with Gasteiger partial charge in [-0.15, -0.1) is 0 Å². The summed E-state index contributed by atoms with van der Waals surface area (Å²) in [5.74, 6) is 0.530. The first-order valence-electron chi connectivity index (χ1n) is 9.46. The van der Waals surface area contributed by atoms with Crippen LogP contribution < -0.4 is 11.2 Å². The predicted molar refractivity (Wildman–Crippen MR) is 108 cm³/mol. The van der Waals surface area contributed by atoms with E-state index in [4.69, 9.17) is 16.1 Å². The normalized spacial score (nSPS) is 13.0. The lowest BCUT2D eigenvalue weighted by Gasteiger charge is -2.11. The molecule has 1 aliphatic heterocycles. The van der Waals surface area contributed by atoms with E-state index in [2.05, 4.69) is 10.1 Å². The Morgan fingerprint density at radius 1 is 1.17 bits per heavy atom. The van der Waals surface area contributed by atoms with Crippen LogP contribution >= 0.6 is 11.6 Å². The maximum absolute atomic E-state index is 12.9. The topological polar surface area (TPSA) is 103 Å². The molecular formula is C20H20ClN5O4. The zero-order valence-electron chi connectivity index (χ0n) is 16.6. The van der Waals surface area contributed by atoms with E-state index in [1.165, 1.54) is 16.4 Å². The Labute approximate surface area is 176 Å². The molecule has 1 aromatic carbocycles. The van der Waals surface area contributed by atoms with E-state index in [0.717, 1.165) is 10.1 Å². The molecule has 0 aliphatic carbocycles. The summed E-state index contributed by atoms with van der Waals surface area (Å²) in [5.41, 5.74) is 1.17. The molecular weight excluding hydrogens is 410 g/mol. The van der Waals surface area contributed by atoms with Gasteiger partial charge in [0, 0.05) is 25.4 Å². The summed E-state index contributed by atoms with van der Waals surface area (Å²) in [6, 6.07) is 7.51. The first kappa shape index (κ1) is 20.1. The molecule has 3 aromatic rings. The Balaban J connectivity index is 1.53.